The fraction of sp³-hybridized carbons (Fsp3) is 0.333. The van der Waals surface area contributed by atoms with Crippen molar-refractivity contribution in [1.29, 1.82) is 0 Å². The van der Waals surface area contributed by atoms with Crippen LogP contribution in [0.4, 0.5) is 16.2 Å². The van der Waals surface area contributed by atoms with E-state index >= 15 is 0 Å². The summed E-state index contributed by atoms with van der Waals surface area (Å²) >= 11 is 0. The summed E-state index contributed by atoms with van der Waals surface area (Å²) in [6, 6.07) is 7.92. The van der Waals surface area contributed by atoms with Gasteiger partial charge in [-0.15, -0.1) is 10.2 Å². The normalized spacial score (nSPS) is 15.0. The van der Waals surface area contributed by atoms with E-state index in [9.17, 15) is 9.59 Å². The monoisotopic (exact) mass is 508 g/mol. The number of fused-ring (bicyclic) bond motifs is 1. The molecule has 1 saturated heterocycles. The van der Waals surface area contributed by atoms with Crippen LogP contribution in [-0.4, -0.2) is 87.2 Å². The SMILES string of the molecule is [2H]C([2H])([2H])c1ccc(-c2nnn(C3CN(C(=O)OC)C3)n2)cc1NC(=O)c1cnn2ccc(NCCOC)cc12. The van der Waals surface area contributed by atoms with E-state index in [1.54, 1.807) is 30.0 Å². The minimum atomic E-state index is -2.49. The number of carbonyl (C=O) groups is 2. The molecule has 3 aromatic heterocycles. The number of anilines is 2. The first-order valence-electron chi connectivity index (χ1n) is 13.0. The van der Waals surface area contributed by atoms with Crippen LogP contribution in [0.25, 0.3) is 16.9 Å². The van der Waals surface area contributed by atoms with Crippen molar-refractivity contribution in [2.75, 3.05) is 51.1 Å². The van der Waals surface area contributed by atoms with Crippen molar-refractivity contribution in [2.45, 2.75) is 12.9 Å². The van der Waals surface area contributed by atoms with Crippen molar-refractivity contribution < 1.29 is 23.2 Å². The van der Waals surface area contributed by atoms with Gasteiger partial charge in [-0.25, -0.2) is 9.31 Å². The van der Waals surface area contributed by atoms with Crippen LogP contribution in [0.5, 0.6) is 0 Å². The number of carbonyl (C=O) groups excluding carboxylic acids is 2. The Labute approximate surface area is 216 Å². The van der Waals surface area contributed by atoms with Crippen LogP contribution < -0.4 is 10.6 Å². The van der Waals surface area contributed by atoms with Crippen LogP contribution in [0, 0.1) is 6.85 Å². The molecule has 37 heavy (non-hydrogen) atoms. The summed E-state index contributed by atoms with van der Waals surface area (Å²) in [5, 5.41) is 22.7. The van der Waals surface area contributed by atoms with E-state index in [4.69, 9.17) is 13.6 Å². The Balaban J connectivity index is 1.39. The summed E-state index contributed by atoms with van der Waals surface area (Å²) < 4.78 is 35.2. The fourth-order valence-corrected chi connectivity index (χ4v) is 3.91. The number of benzene rings is 1. The first-order valence-corrected chi connectivity index (χ1v) is 11.5. The zero-order chi connectivity index (χ0) is 28.4. The lowest BCUT2D eigenvalue weighted by Gasteiger charge is -2.36. The molecule has 1 aliphatic rings. The van der Waals surface area contributed by atoms with E-state index in [1.165, 1.54) is 35.1 Å². The first-order chi connectivity index (χ1) is 19.2. The Morgan fingerprint density at radius 2 is 2.08 bits per heavy atom. The predicted molar refractivity (Wildman–Crippen MR) is 135 cm³/mol. The fourth-order valence-electron chi connectivity index (χ4n) is 3.91. The first kappa shape index (κ1) is 20.7. The molecule has 0 aliphatic carbocycles. The standard InChI is InChI=1S/C24H27N9O4/c1-15-4-5-16(22-28-30-33(29-22)18-13-31(14-18)24(35)37-3)10-20(15)27-23(34)19-12-26-32-8-6-17(11-21(19)32)25-7-9-36-2/h4-6,8,10-12,18,25H,7,9,13-14H2,1-3H3,(H,27,34)/i1D3. The molecule has 13 nitrogen and oxygen atoms in total. The number of tetrazole rings is 1. The van der Waals surface area contributed by atoms with Crippen LogP contribution in [0.3, 0.4) is 0 Å². The van der Waals surface area contributed by atoms with Crippen LogP contribution in [0.15, 0.2) is 42.7 Å². The summed E-state index contributed by atoms with van der Waals surface area (Å²) in [6.07, 6.45) is 2.71. The van der Waals surface area contributed by atoms with E-state index in [-0.39, 0.29) is 28.7 Å². The van der Waals surface area contributed by atoms with Gasteiger partial charge in [0.15, 0.2) is 0 Å². The molecule has 0 radical (unpaired) electrons. The topological polar surface area (TPSA) is 141 Å². The summed E-state index contributed by atoms with van der Waals surface area (Å²) in [5.74, 6) is -0.285. The third-order valence-electron chi connectivity index (χ3n) is 5.98. The van der Waals surface area contributed by atoms with E-state index in [2.05, 4.69) is 31.1 Å². The molecule has 13 heteroatoms. The highest BCUT2D eigenvalue weighted by atomic mass is 16.5. The largest absolute Gasteiger partial charge is 0.453 e. The quantitative estimate of drug-likeness (QED) is 0.343. The lowest BCUT2D eigenvalue weighted by Crippen LogP contribution is -2.51. The average molecular weight is 509 g/mol. The second-order valence-electron chi connectivity index (χ2n) is 8.40. The molecule has 4 heterocycles. The smallest absolute Gasteiger partial charge is 0.409 e. The van der Waals surface area contributed by atoms with Gasteiger partial charge in [0.25, 0.3) is 5.91 Å². The molecule has 0 unspecified atom stereocenters. The maximum atomic E-state index is 13.4. The third-order valence-corrected chi connectivity index (χ3v) is 5.98. The van der Waals surface area contributed by atoms with Gasteiger partial charge in [0, 0.05) is 40.9 Å². The molecule has 192 valence electrons. The number of nitrogens with one attached hydrogen (secondary N) is 2. The lowest BCUT2D eigenvalue weighted by molar-refractivity contribution is 0.0621. The number of nitrogens with zero attached hydrogens (tertiary/aromatic N) is 7. The summed E-state index contributed by atoms with van der Waals surface area (Å²) in [4.78, 5) is 27.9. The average Bonchev–Trinajstić information content (AvgIpc) is 3.55. The highest BCUT2D eigenvalue weighted by Gasteiger charge is 2.34. The van der Waals surface area contributed by atoms with Gasteiger partial charge >= 0.3 is 6.09 Å². The molecule has 2 N–H and O–H groups in total. The van der Waals surface area contributed by atoms with Crippen LogP contribution >= 0.6 is 0 Å². The molecule has 2 amide bonds. The number of rotatable bonds is 8. The van der Waals surface area contributed by atoms with Gasteiger partial charge < -0.3 is 25.0 Å². The maximum Gasteiger partial charge on any atom is 0.409 e. The molecular weight excluding hydrogens is 478 g/mol. The minimum absolute atomic E-state index is 0.0388. The molecule has 0 spiro atoms. The van der Waals surface area contributed by atoms with Crippen molar-refractivity contribution in [3.05, 3.63) is 53.9 Å². The Morgan fingerprint density at radius 1 is 1.22 bits per heavy atom. The minimum Gasteiger partial charge on any atom is -0.453 e. The van der Waals surface area contributed by atoms with Crippen molar-refractivity contribution in [3.8, 4) is 11.4 Å². The highest BCUT2D eigenvalue weighted by Crippen LogP contribution is 2.26. The molecule has 0 saturated carbocycles. The van der Waals surface area contributed by atoms with Crippen LogP contribution in [0.1, 0.15) is 26.1 Å². The Hall–Kier alpha value is -4.52. The number of pyridine rings is 1. The Morgan fingerprint density at radius 3 is 2.86 bits per heavy atom. The zero-order valence-corrected chi connectivity index (χ0v) is 20.2. The number of methoxy groups -OCH3 is 2. The number of aromatic nitrogens is 6. The van der Waals surface area contributed by atoms with Gasteiger partial charge in [0.2, 0.25) is 5.82 Å². The van der Waals surface area contributed by atoms with E-state index in [1.807, 2.05) is 6.07 Å². The predicted octanol–water partition coefficient (Wildman–Crippen LogP) is 2.23. The number of likely N-dealkylation sites (tertiary alicyclic amines) is 1. The molecular formula is C24H27N9O4. The molecule has 4 aromatic rings. The lowest BCUT2D eigenvalue weighted by atomic mass is 10.1. The second-order valence-corrected chi connectivity index (χ2v) is 8.40. The van der Waals surface area contributed by atoms with Gasteiger partial charge in [-0.2, -0.15) is 9.90 Å². The van der Waals surface area contributed by atoms with Gasteiger partial charge in [-0.3, -0.25) is 4.79 Å². The second kappa shape index (κ2) is 10.2. The van der Waals surface area contributed by atoms with E-state index < -0.39 is 18.9 Å². The van der Waals surface area contributed by atoms with Crippen molar-refractivity contribution in [3.63, 3.8) is 0 Å². The van der Waals surface area contributed by atoms with Gasteiger partial charge in [-0.05, 0) is 35.8 Å². The van der Waals surface area contributed by atoms with Gasteiger partial charge in [0.05, 0.1) is 44.1 Å². The zero-order valence-electron chi connectivity index (χ0n) is 23.2. The Bertz CT molecular complexity index is 1550. The Kier molecular flexibility index (Phi) is 5.71. The molecule has 0 bridgehead atoms. The number of amides is 2. The summed E-state index contributed by atoms with van der Waals surface area (Å²) in [6.45, 7) is -0.633. The molecule has 1 aliphatic heterocycles. The molecule has 5 rings (SSSR count). The number of hydrogen-bond acceptors (Lipinski definition) is 9. The molecule has 1 aromatic carbocycles. The van der Waals surface area contributed by atoms with Gasteiger partial charge in [-0.1, -0.05) is 12.1 Å². The summed E-state index contributed by atoms with van der Waals surface area (Å²) in [7, 11) is 2.93. The van der Waals surface area contributed by atoms with Gasteiger partial charge in [0.1, 0.15) is 6.04 Å². The maximum absolute atomic E-state index is 13.4. The van der Waals surface area contributed by atoms with Crippen LogP contribution in [0.2, 0.25) is 0 Å². The van der Waals surface area contributed by atoms with Crippen molar-refractivity contribution >= 4 is 28.9 Å². The van der Waals surface area contributed by atoms with Crippen LogP contribution in [-0.2, 0) is 9.47 Å². The number of hydrogen-bond donors (Lipinski definition) is 2. The molecule has 0 atom stereocenters. The third kappa shape index (κ3) is 4.93. The number of ether oxygens (including phenoxy) is 2. The molecule has 1 fully saturated rings. The van der Waals surface area contributed by atoms with E-state index in [0.717, 1.165) is 5.69 Å². The number of aryl methyl sites for hydroxylation is 1. The van der Waals surface area contributed by atoms with Crippen molar-refractivity contribution in [1.82, 2.24) is 34.7 Å². The van der Waals surface area contributed by atoms with Crippen molar-refractivity contribution in [2.24, 2.45) is 0 Å². The van der Waals surface area contributed by atoms with E-state index in [0.29, 0.717) is 37.3 Å². The summed E-state index contributed by atoms with van der Waals surface area (Å²) in [5.41, 5.74) is 2.10. The highest BCUT2D eigenvalue weighted by molar-refractivity contribution is 6.09.